The van der Waals surface area contributed by atoms with E-state index in [9.17, 15) is 19.2 Å². The minimum absolute atomic E-state index is 0.140. The third-order valence-corrected chi connectivity index (χ3v) is 7.08. The third-order valence-electron chi connectivity index (χ3n) is 6.86. The lowest BCUT2D eigenvalue weighted by molar-refractivity contribution is -0.150. The Kier molecular flexibility index (Phi) is 9.31. The molecule has 1 unspecified atom stereocenters. The van der Waals surface area contributed by atoms with Crippen molar-refractivity contribution in [2.24, 2.45) is 5.92 Å². The zero-order chi connectivity index (χ0) is 24.7. The second-order valence-corrected chi connectivity index (χ2v) is 9.35. The van der Waals surface area contributed by atoms with Gasteiger partial charge < -0.3 is 29.5 Å². The Morgan fingerprint density at radius 3 is 2.74 bits per heavy atom. The molecule has 2 heterocycles. The summed E-state index contributed by atoms with van der Waals surface area (Å²) in [6, 6.07) is -1.64. The van der Waals surface area contributed by atoms with Crippen LogP contribution in [0.3, 0.4) is 0 Å². The molecular formula is C23H36N3O7P. The summed E-state index contributed by atoms with van der Waals surface area (Å²) >= 11 is 0. The van der Waals surface area contributed by atoms with Gasteiger partial charge in [0, 0.05) is 26.0 Å². The highest BCUT2D eigenvalue weighted by atomic mass is 31.0. The van der Waals surface area contributed by atoms with Crippen LogP contribution in [-0.4, -0.2) is 72.8 Å². The third kappa shape index (κ3) is 6.08. The number of carbonyl (C=O) groups excluding carboxylic acids is 4. The number of allylic oxidation sites excluding steroid dienone is 1. The Bertz CT molecular complexity index is 807. The van der Waals surface area contributed by atoms with Crippen molar-refractivity contribution in [1.82, 2.24) is 15.5 Å². The molecule has 190 valence electrons. The van der Waals surface area contributed by atoms with Crippen LogP contribution in [0.25, 0.3) is 0 Å². The second kappa shape index (κ2) is 12.0. The Labute approximate surface area is 202 Å². The van der Waals surface area contributed by atoms with Crippen LogP contribution in [0.4, 0.5) is 4.79 Å². The Balaban J connectivity index is 1.87. The number of methoxy groups -OCH3 is 1. The molecular weight excluding hydrogens is 461 g/mol. The van der Waals surface area contributed by atoms with Gasteiger partial charge in [-0.1, -0.05) is 31.4 Å². The lowest BCUT2D eigenvalue weighted by atomic mass is 10.0. The van der Waals surface area contributed by atoms with E-state index in [0.29, 0.717) is 19.3 Å². The number of nitrogens with zero attached hydrogens (tertiary/aromatic N) is 1. The van der Waals surface area contributed by atoms with Crippen molar-refractivity contribution < 1.29 is 33.2 Å². The molecule has 6 atom stereocenters. The fourth-order valence-electron chi connectivity index (χ4n) is 4.83. The number of hydrogen-bond donors (Lipinski definition) is 2. The summed E-state index contributed by atoms with van der Waals surface area (Å²) in [5, 5.41) is 5.52. The summed E-state index contributed by atoms with van der Waals surface area (Å²) in [4.78, 5) is 53.1. The van der Waals surface area contributed by atoms with Crippen molar-refractivity contribution in [1.29, 1.82) is 0 Å². The number of carbonyl (C=O) groups is 4. The first-order valence-electron chi connectivity index (χ1n) is 12.0. The molecule has 2 N–H and O–H groups in total. The van der Waals surface area contributed by atoms with E-state index in [0.717, 1.165) is 32.1 Å². The number of ether oxygens (including phenoxy) is 2. The first-order chi connectivity index (χ1) is 16.4. The van der Waals surface area contributed by atoms with Crippen molar-refractivity contribution in [3.63, 3.8) is 0 Å². The topological polar surface area (TPSA) is 123 Å². The molecule has 1 saturated heterocycles. The highest BCUT2D eigenvalue weighted by Crippen LogP contribution is 2.46. The minimum Gasteiger partial charge on any atom is -0.464 e. The number of nitrogens with one attached hydrogen (secondary N) is 2. The second-order valence-electron chi connectivity index (χ2n) is 9.11. The Hall–Kier alpha value is -2.19. The highest BCUT2D eigenvalue weighted by molar-refractivity contribution is 7.10. The van der Waals surface area contributed by atoms with Gasteiger partial charge in [-0.3, -0.25) is 9.59 Å². The van der Waals surface area contributed by atoms with Gasteiger partial charge >= 0.3 is 12.1 Å². The molecule has 0 aromatic heterocycles. The van der Waals surface area contributed by atoms with Crippen LogP contribution in [0.1, 0.15) is 58.3 Å². The number of amides is 3. The molecule has 10 nitrogen and oxygen atoms in total. The number of rotatable bonds is 4. The first-order valence-corrected chi connectivity index (χ1v) is 12.5. The minimum atomic E-state index is -1.11. The van der Waals surface area contributed by atoms with Crippen LogP contribution in [-0.2, 0) is 28.4 Å². The van der Waals surface area contributed by atoms with Crippen molar-refractivity contribution in [2.75, 3.05) is 20.3 Å². The van der Waals surface area contributed by atoms with Crippen LogP contribution >= 0.6 is 9.47 Å². The zero-order valence-electron chi connectivity index (χ0n) is 19.9. The van der Waals surface area contributed by atoms with E-state index in [-0.39, 0.29) is 31.1 Å². The van der Waals surface area contributed by atoms with Crippen molar-refractivity contribution in [2.45, 2.75) is 82.0 Å². The first kappa shape index (κ1) is 26.4. The summed E-state index contributed by atoms with van der Waals surface area (Å²) in [7, 11) is 3.40. The van der Waals surface area contributed by atoms with Gasteiger partial charge in [-0.25, -0.2) is 9.59 Å². The summed E-state index contributed by atoms with van der Waals surface area (Å²) in [6.45, 7) is 2.16. The fraction of sp³-hybridized carbons (Fsp3) is 0.739. The predicted molar refractivity (Wildman–Crippen MR) is 126 cm³/mol. The van der Waals surface area contributed by atoms with Gasteiger partial charge in [-0.15, -0.1) is 0 Å². The monoisotopic (exact) mass is 497 g/mol. The van der Waals surface area contributed by atoms with E-state index in [1.807, 2.05) is 15.5 Å². The van der Waals surface area contributed by atoms with Crippen LogP contribution in [0.2, 0.25) is 0 Å². The lowest BCUT2D eigenvalue weighted by Gasteiger charge is -2.29. The average molecular weight is 498 g/mol. The van der Waals surface area contributed by atoms with E-state index < -0.39 is 35.6 Å². The molecule has 2 aliphatic heterocycles. The van der Waals surface area contributed by atoms with Crippen molar-refractivity contribution >= 4 is 33.3 Å². The van der Waals surface area contributed by atoms with Crippen molar-refractivity contribution in [3.8, 4) is 0 Å². The van der Waals surface area contributed by atoms with Crippen LogP contribution in [0.15, 0.2) is 12.2 Å². The van der Waals surface area contributed by atoms with Gasteiger partial charge in [-0.2, -0.15) is 0 Å². The van der Waals surface area contributed by atoms with Crippen LogP contribution < -0.4 is 10.6 Å². The smallest absolute Gasteiger partial charge is 0.409 e. The number of hydrogen-bond acceptors (Lipinski definition) is 7. The van der Waals surface area contributed by atoms with E-state index >= 15 is 0 Å². The maximum absolute atomic E-state index is 13.5. The molecule has 3 amide bonds. The average Bonchev–Trinajstić information content (AvgIpc) is 3.34. The molecule has 0 spiro atoms. The van der Waals surface area contributed by atoms with E-state index in [1.165, 1.54) is 12.0 Å². The van der Waals surface area contributed by atoms with E-state index in [1.54, 1.807) is 6.92 Å². The summed E-state index contributed by atoms with van der Waals surface area (Å²) < 4.78 is 15.4. The molecule has 1 aliphatic carbocycles. The summed E-state index contributed by atoms with van der Waals surface area (Å²) in [5.41, 5.74) is -1.11. The van der Waals surface area contributed by atoms with Crippen LogP contribution in [0, 0.1) is 5.92 Å². The Morgan fingerprint density at radius 1 is 1.26 bits per heavy atom. The molecule has 0 aromatic rings. The highest BCUT2D eigenvalue weighted by Gasteiger charge is 2.62. The molecule has 0 radical (unpaired) electrons. The number of fused-ring (bicyclic) bond motifs is 2. The quantitative estimate of drug-likeness (QED) is 0.345. The molecule has 3 rings (SSSR count). The molecule has 34 heavy (non-hydrogen) atoms. The van der Waals surface area contributed by atoms with Crippen LogP contribution in [0.5, 0.6) is 0 Å². The molecule has 1 saturated carbocycles. The van der Waals surface area contributed by atoms with E-state index in [4.69, 9.17) is 9.47 Å². The normalized spacial score (nSPS) is 33.2. The molecule has 3 aliphatic rings. The molecule has 2 fully saturated rings. The predicted octanol–water partition coefficient (Wildman–Crippen LogP) is 1.84. The maximum Gasteiger partial charge on any atom is 0.409 e. The molecule has 11 heteroatoms. The largest absolute Gasteiger partial charge is 0.464 e. The zero-order valence-corrected chi connectivity index (χ0v) is 21.1. The fourth-order valence-corrected chi connectivity index (χ4v) is 4.90. The van der Waals surface area contributed by atoms with Gasteiger partial charge in [0.2, 0.25) is 11.8 Å². The van der Waals surface area contributed by atoms with Gasteiger partial charge in [0.1, 0.15) is 17.6 Å². The standard InChI is InChI=1S/C23H36N3O7P/c1-3-32-21(29)23-13-15(23)10-8-6-4-5-7-9-11-17(24-22(30)33-34)20(28)26-14-16(31-2)12-18(26)19(27)25-23/h8,10,15-18H,3-7,9,11-14,34H2,1-2H3,(H,24,30)(H,25,27)/b10-8-/t15-,16+,17-,18-,23+/m0/s1. The Morgan fingerprint density at radius 2 is 2.03 bits per heavy atom. The summed E-state index contributed by atoms with van der Waals surface area (Å²) in [6.07, 6.45) is 8.70. The van der Waals surface area contributed by atoms with Gasteiger partial charge in [0.15, 0.2) is 0 Å². The molecule has 0 aromatic carbocycles. The summed E-state index contributed by atoms with van der Waals surface area (Å²) in [5.74, 6) is -1.38. The van der Waals surface area contributed by atoms with Gasteiger partial charge in [-0.05, 0) is 32.6 Å². The van der Waals surface area contributed by atoms with Gasteiger partial charge in [0.05, 0.1) is 22.2 Å². The van der Waals surface area contributed by atoms with Gasteiger partial charge in [0.25, 0.3) is 0 Å². The lowest BCUT2D eigenvalue weighted by Crippen LogP contribution is -2.56. The van der Waals surface area contributed by atoms with E-state index in [2.05, 4.69) is 21.2 Å². The SMILES string of the molecule is CCOC(=O)[C@@]12C[C@@H]1/C=C\CCCCCC[C@H](NC(=O)OP)C(=O)N1C[C@H](OC)C[C@H]1C(=O)N2. The molecule has 0 bridgehead atoms. The van der Waals surface area contributed by atoms with Crippen molar-refractivity contribution in [3.05, 3.63) is 12.2 Å². The maximum atomic E-state index is 13.5. The number of esters is 1.